The normalized spacial score (nSPS) is 12.5. The van der Waals surface area contributed by atoms with Crippen LogP contribution in [-0.4, -0.2) is 42.7 Å². The van der Waals surface area contributed by atoms with Crippen molar-refractivity contribution >= 4 is 11.9 Å². The van der Waals surface area contributed by atoms with Gasteiger partial charge < -0.3 is 21.5 Å². The number of aliphatic carboxylic acids is 1. The summed E-state index contributed by atoms with van der Waals surface area (Å²) in [6.45, 7) is 5.31. The van der Waals surface area contributed by atoms with Crippen molar-refractivity contribution in [3.8, 4) is 0 Å². The van der Waals surface area contributed by atoms with Crippen LogP contribution < -0.4 is 16.4 Å². The van der Waals surface area contributed by atoms with Gasteiger partial charge in [-0.15, -0.1) is 0 Å². The molecule has 1 unspecified atom stereocenters. The number of carbonyl (C=O) groups excluding carboxylic acids is 1. The van der Waals surface area contributed by atoms with Crippen LogP contribution in [0.15, 0.2) is 0 Å². The molecule has 6 heteroatoms. The zero-order valence-electron chi connectivity index (χ0n) is 9.82. The molecule has 94 valence electrons. The van der Waals surface area contributed by atoms with Crippen molar-refractivity contribution in [1.29, 1.82) is 0 Å². The maximum absolute atomic E-state index is 11.2. The molecule has 0 saturated heterocycles. The van der Waals surface area contributed by atoms with E-state index in [4.69, 9.17) is 10.8 Å². The number of nitrogens with two attached hydrogens (primary N) is 1. The number of hydrogen-bond donors (Lipinski definition) is 4. The molecule has 1 amide bonds. The van der Waals surface area contributed by atoms with Gasteiger partial charge in [-0.25, -0.2) is 0 Å². The minimum Gasteiger partial charge on any atom is -0.480 e. The van der Waals surface area contributed by atoms with E-state index in [-0.39, 0.29) is 12.5 Å². The van der Waals surface area contributed by atoms with Crippen molar-refractivity contribution in [2.24, 2.45) is 11.7 Å². The molecule has 0 bridgehead atoms. The molecule has 0 radical (unpaired) electrons. The first-order valence-electron chi connectivity index (χ1n) is 5.39. The summed E-state index contributed by atoms with van der Waals surface area (Å²) in [6, 6.07) is -0.918. The Bertz CT molecular complexity index is 231. The van der Waals surface area contributed by atoms with Crippen molar-refractivity contribution in [2.45, 2.75) is 26.3 Å². The number of carboxylic acid groups (broad SMARTS) is 1. The van der Waals surface area contributed by atoms with E-state index in [9.17, 15) is 9.59 Å². The van der Waals surface area contributed by atoms with E-state index in [0.29, 0.717) is 25.4 Å². The van der Waals surface area contributed by atoms with E-state index in [1.807, 2.05) is 13.8 Å². The lowest BCUT2D eigenvalue weighted by molar-refractivity contribution is -0.138. The number of amides is 1. The van der Waals surface area contributed by atoms with E-state index in [1.54, 1.807) is 0 Å². The van der Waals surface area contributed by atoms with Gasteiger partial charge in [0, 0.05) is 26.1 Å². The molecule has 0 aromatic rings. The van der Waals surface area contributed by atoms with Gasteiger partial charge in [0.2, 0.25) is 5.91 Å². The molecular formula is C10H21N3O3. The lowest BCUT2D eigenvalue weighted by Gasteiger charge is -2.09. The van der Waals surface area contributed by atoms with E-state index in [2.05, 4.69) is 10.6 Å². The van der Waals surface area contributed by atoms with Crippen molar-refractivity contribution in [1.82, 2.24) is 10.6 Å². The highest BCUT2D eigenvalue weighted by atomic mass is 16.4. The summed E-state index contributed by atoms with van der Waals surface area (Å²) in [5, 5.41) is 14.1. The second kappa shape index (κ2) is 8.06. The molecule has 5 N–H and O–H groups in total. The molecule has 0 aromatic carbocycles. The zero-order chi connectivity index (χ0) is 12.6. The van der Waals surface area contributed by atoms with Gasteiger partial charge in [-0.1, -0.05) is 13.8 Å². The maximum atomic E-state index is 11.2. The third kappa shape index (κ3) is 8.19. The molecule has 0 saturated carbocycles. The summed E-state index contributed by atoms with van der Waals surface area (Å²) in [6.07, 6.45) is 0.332. The summed E-state index contributed by atoms with van der Waals surface area (Å²) in [5.41, 5.74) is 5.27. The van der Waals surface area contributed by atoms with E-state index < -0.39 is 12.0 Å². The number of carboxylic acids is 1. The number of hydrogen-bond acceptors (Lipinski definition) is 4. The van der Waals surface area contributed by atoms with Crippen molar-refractivity contribution < 1.29 is 14.7 Å². The minimum absolute atomic E-state index is 0.0369. The number of nitrogens with one attached hydrogen (secondary N) is 2. The topological polar surface area (TPSA) is 104 Å². The largest absolute Gasteiger partial charge is 0.480 e. The Kier molecular flexibility index (Phi) is 7.49. The molecule has 0 aromatic heterocycles. The summed E-state index contributed by atoms with van der Waals surface area (Å²) < 4.78 is 0. The van der Waals surface area contributed by atoms with Gasteiger partial charge in [-0.3, -0.25) is 9.59 Å². The van der Waals surface area contributed by atoms with Crippen LogP contribution in [0.25, 0.3) is 0 Å². The second-order valence-corrected chi connectivity index (χ2v) is 4.10. The van der Waals surface area contributed by atoms with Crippen LogP contribution in [0.5, 0.6) is 0 Å². The molecule has 0 rings (SSSR count). The molecule has 0 fully saturated rings. The van der Waals surface area contributed by atoms with Crippen molar-refractivity contribution in [3.63, 3.8) is 0 Å². The average molecular weight is 231 g/mol. The number of rotatable bonds is 8. The number of carbonyl (C=O) groups is 2. The first-order valence-corrected chi connectivity index (χ1v) is 5.39. The molecule has 0 aliphatic rings. The predicted octanol–water partition coefficient (Wildman–Crippen LogP) is -0.850. The maximum Gasteiger partial charge on any atom is 0.321 e. The van der Waals surface area contributed by atoms with E-state index >= 15 is 0 Å². The van der Waals surface area contributed by atoms with Gasteiger partial charge in [-0.2, -0.15) is 0 Å². The van der Waals surface area contributed by atoms with Gasteiger partial charge in [-0.05, 0) is 5.92 Å². The summed E-state index contributed by atoms with van der Waals surface area (Å²) in [7, 11) is 0. The van der Waals surface area contributed by atoms with Crippen LogP contribution in [0.3, 0.4) is 0 Å². The summed E-state index contributed by atoms with van der Waals surface area (Å²) >= 11 is 0. The Hall–Kier alpha value is -1.14. The molecule has 0 aliphatic heterocycles. The zero-order valence-corrected chi connectivity index (χ0v) is 9.82. The molecular weight excluding hydrogens is 210 g/mol. The van der Waals surface area contributed by atoms with Crippen LogP contribution in [0.2, 0.25) is 0 Å². The fraction of sp³-hybridized carbons (Fsp3) is 0.800. The highest BCUT2D eigenvalue weighted by molar-refractivity contribution is 5.76. The van der Waals surface area contributed by atoms with E-state index in [0.717, 1.165) is 0 Å². The fourth-order valence-corrected chi connectivity index (χ4v) is 0.953. The van der Waals surface area contributed by atoms with Crippen LogP contribution in [-0.2, 0) is 9.59 Å². The standard InChI is InChI=1S/C10H21N3O3/c1-7(2)5-13-9(14)3-4-12-6-8(11)10(15)16/h7-8,12H,3-6,11H2,1-2H3,(H,13,14)(H,15,16). The van der Waals surface area contributed by atoms with Gasteiger partial charge in [0.15, 0.2) is 0 Å². The Morgan fingerprint density at radius 3 is 2.44 bits per heavy atom. The van der Waals surface area contributed by atoms with Crippen LogP contribution >= 0.6 is 0 Å². The van der Waals surface area contributed by atoms with Gasteiger partial charge in [0.25, 0.3) is 0 Å². The molecule has 0 spiro atoms. The highest BCUT2D eigenvalue weighted by Crippen LogP contribution is 1.88. The van der Waals surface area contributed by atoms with Gasteiger partial charge in [0.05, 0.1) is 0 Å². The predicted molar refractivity (Wildman–Crippen MR) is 60.9 cm³/mol. The quantitative estimate of drug-likeness (QED) is 0.407. The SMILES string of the molecule is CC(C)CNC(=O)CCNCC(N)C(=O)O. The van der Waals surface area contributed by atoms with Gasteiger partial charge >= 0.3 is 5.97 Å². The first kappa shape index (κ1) is 14.9. The monoisotopic (exact) mass is 231 g/mol. The minimum atomic E-state index is -1.04. The molecule has 0 aliphatic carbocycles. The molecule has 6 nitrogen and oxygen atoms in total. The third-order valence-electron chi connectivity index (χ3n) is 1.92. The lowest BCUT2D eigenvalue weighted by Crippen LogP contribution is -2.41. The second-order valence-electron chi connectivity index (χ2n) is 4.10. The first-order chi connectivity index (χ1) is 7.43. The third-order valence-corrected chi connectivity index (χ3v) is 1.92. The Labute approximate surface area is 95.6 Å². The van der Waals surface area contributed by atoms with Crippen molar-refractivity contribution in [3.05, 3.63) is 0 Å². The Balaban J connectivity index is 3.44. The van der Waals surface area contributed by atoms with Crippen LogP contribution in [0, 0.1) is 5.92 Å². The Morgan fingerprint density at radius 2 is 1.94 bits per heavy atom. The fourth-order valence-electron chi connectivity index (χ4n) is 0.953. The average Bonchev–Trinajstić information content (AvgIpc) is 2.20. The lowest BCUT2D eigenvalue weighted by atomic mass is 10.2. The highest BCUT2D eigenvalue weighted by Gasteiger charge is 2.10. The molecule has 0 heterocycles. The van der Waals surface area contributed by atoms with Crippen LogP contribution in [0.4, 0.5) is 0 Å². The molecule has 1 atom stereocenters. The van der Waals surface area contributed by atoms with Gasteiger partial charge in [0.1, 0.15) is 6.04 Å². The Morgan fingerprint density at radius 1 is 1.31 bits per heavy atom. The smallest absolute Gasteiger partial charge is 0.321 e. The van der Waals surface area contributed by atoms with Crippen molar-refractivity contribution in [2.75, 3.05) is 19.6 Å². The van der Waals surface area contributed by atoms with Crippen LogP contribution in [0.1, 0.15) is 20.3 Å². The van der Waals surface area contributed by atoms with E-state index in [1.165, 1.54) is 0 Å². The summed E-state index contributed by atoms with van der Waals surface area (Å²) in [5.74, 6) is -0.654. The summed E-state index contributed by atoms with van der Waals surface area (Å²) in [4.78, 5) is 21.6. The molecule has 16 heavy (non-hydrogen) atoms.